The van der Waals surface area contributed by atoms with Crippen LogP contribution >= 0.6 is 0 Å². The van der Waals surface area contributed by atoms with Gasteiger partial charge in [-0.25, -0.2) is 9.38 Å². The number of benzene rings is 1. The van der Waals surface area contributed by atoms with Gasteiger partial charge in [0.25, 0.3) is 0 Å². The van der Waals surface area contributed by atoms with Gasteiger partial charge in [-0.05, 0) is 42.4 Å². The van der Waals surface area contributed by atoms with Crippen molar-refractivity contribution in [3.63, 3.8) is 0 Å². The normalized spacial score (nSPS) is 17.0. The fraction of sp³-hybridized carbons (Fsp3) is 0.591. The second kappa shape index (κ2) is 12.7. The van der Waals surface area contributed by atoms with Crippen LogP contribution in [0.2, 0.25) is 0 Å². The monoisotopic (exact) mass is 401 g/mol. The van der Waals surface area contributed by atoms with Crippen LogP contribution in [0, 0.1) is 11.7 Å². The number of piperidine rings is 1. The fourth-order valence-corrected chi connectivity index (χ4v) is 3.43. The maximum absolute atomic E-state index is 13.4. The smallest absolute Gasteiger partial charge is 0.198 e. The fourth-order valence-electron chi connectivity index (χ4n) is 3.43. The number of methoxy groups -OCH3 is 1. The van der Waals surface area contributed by atoms with Gasteiger partial charge in [0, 0.05) is 33.0 Å². The van der Waals surface area contributed by atoms with Crippen LogP contribution in [-0.2, 0) is 16.1 Å². The van der Waals surface area contributed by atoms with Crippen LogP contribution in [-0.4, -0.2) is 58.7 Å². The molecule has 0 aromatic heterocycles. The Morgan fingerprint density at radius 3 is 2.62 bits per heavy atom. The summed E-state index contributed by atoms with van der Waals surface area (Å²) in [6.07, 6.45) is 5.30. The molecular formula is C22H33BFN3O2. The molecule has 5 nitrogen and oxygen atoms in total. The molecule has 2 aliphatic rings. The summed E-state index contributed by atoms with van der Waals surface area (Å²) >= 11 is 0. The predicted molar refractivity (Wildman–Crippen MR) is 117 cm³/mol. The van der Waals surface area contributed by atoms with Crippen molar-refractivity contribution in [2.75, 3.05) is 40.0 Å². The van der Waals surface area contributed by atoms with Crippen LogP contribution in [0.1, 0.15) is 38.7 Å². The minimum absolute atomic E-state index is 0.174. The lowest BCUT2D eigenvalue weighted by Gasteiger charge is -2.34. The minimum Gasteiger partial charge on any atom is -0.380 e. The summed E-state index contributed by atoms with van der Waals surface area (Å²) in [7, 11) is 7.18. The summed E-state index contributed by atoms with van der Waals surface area (Å²) in [5.74, 6) is 1.25. The molecule has 3 rings (SSSR count). The zero-order valence-corrected chi connectivity index (χ0v) is 17.9. The molecule has 2 radical (unpaired) electrons. The zero-order chi connectivity index (χ0) is 21.1. The molecule has 2 aliphatic heterocycles. The molecule has 2 heterocycles. The molecule has 1 saturated heterocycles. The van der Waals surface area contributed by atoms with Crippen molar-refractivity contribution in [3.05, 3.63) is 41.4 Å². The Morgan fingerprint density at radius 2 is 2.00 bits per heavy atom. The third kappa shape index (κ3) is 7.48. The first-order valence-corrected chi connectivity index (χ1v) is 10.5. The molecule has 0 aliphatic carbocycles. The second-order valence-electron chi connectivity index (χ2n) is 7.15. The molecule has 0 spiro atoms. The SMILES string of the molecule is CC.[B]c1ccc(COCCC2CCN(C3=NCC(COC)=CN3)CC2)cc1F. The van der Waals surface area contributed by atoms with E-state index in [0.717, 1.165) is 49.4 Å². The molecule has 0 saturated carbocycles. The Bertz CT molecular complexity index is 689. The van der Waals surface area contributed by atoms with Gasteiger partial charge in [-0.3, -0.25) is 0 Å². The van der Waals surface area contributed by atoms with E-state index in [9.17, 15) is 4.39 Å². The maximum atomic E-state index is 13.4. The van der Waals surface area contributed by atoms with Gasteiger partial charge in [-0.1, -0.05) is 31.4 Å². The number of rotatable bonds is 7. The van der Waals surface area contributed by atoms with E-state index < -0.39 is 0 Å². The number of likely N-dealkylation sites (tertiary alicyclic amines) is 1. The van der Waals surface area contributed by atoms with Crippen molar-refractivity contribution < 1.29 is 13.9 Å². The number of nitrogens with one attached hydrogen (secondary N) is 1. The summed E-state index contributed by atoms with van der Waals surface area (Å²) in [6.45, 7) is 8.46. The van der Waals surface area contributed by atoms with E-state index in [0.29, 0.717) is 32.3 Å². The number of guanidine groups is 1. The molecule has 7 heteroatoms. The van der Waals surface area contributed by atoms with Gasteiger partial charge in [0.1, 0.15) is 13.7 Å². The van der Waals surface area contributed by atoms with E-state index in [-0.39, 0.29) is 11.3 Å². The van der Waals surface area contributed by atoms with Gasteiger partial charge in [0.2, 0.25) is 0 Å². The largest absolute Gasteiger partial charge is 0.380 e. The van der Waals surface area contributed by atoms with E-state index in [2.05, 4.69) is 15.2 Å². The first-order valence-electron chi connectivity index (χ1n) is 10.5. The van der Waals surface area contributed by atoms with Crippen molar-refractivity contribution in [3.8, 4) is 0 Å². The van der Waals surface area contributed by atoms with Gasteiger partial charge < -0.3 is 19.7 Å². The number of halogens is 1. The first kappa shape index (κ1) is 23.4. The highest BCUT2D eigenvalue weighted by molar-refractivity contribution is 6.32. The molecule has 0 amide bonds. The standard InChI is InChI=1S/C20H27BFN3O2.C2H6/c1-26-13-17-11-23-20(24-12-17)25-7-4-15(5-8-25)6-9-27-14-16-2-3-18(21)19(22)10-16;1-2/h2-3,10-11,15H,4-9,12-14H2,1H3,(H,23,24);1-2H3. The quantitative estimate of drug-likeness (QED) is 0.564. The molecule has 1 aromatic rings. The third-order valence-electron chi connectivity index (χ3n) is 5.09. The lowest BCUT2D eigenvalue weighted by Crippen LogP contribution is -2.45. The minimum atomic E-state index is -0.383. The zero-order valence-electron chi connectivity index (χ0n) is 17.9. The molecule has 1 aromatic carbocycles. The van der Waals surface area contributed by atoms with Crippen molar-refractivity contribution in [1.82, 2.24) is 10.2 Å². The highest BCUT2D eigenvalue weighted by Gasteiger charge is 2.22. The van der Waals surface area contributed by atoms with E-state index in [4.69, 9.17) is 17.3 Å². The van der Waals surface area contributed by atoms with E-state index >= 15 is 0 Å². The van der Waals surface area contributed by atoms with E-state index in [1.54, 1.807) is 19.2 Å². The molecule has 0 unspecified atom stereocenters. The van der Waals surface area contributed by atoms with Crippen molar-refractivity contribution in [1.29, 1.82) is 0 Å². The Morgan fingerprint density at radius 1 is 1.24 bits per heavy atom. The average Bonchev–Trinajstić information content (AvgIpc) is 2.76. The maximum Gasteiger partial charge on any atom is 0.198 e. The highest BCUT2D eigenvalue weighted by atomic mass is 19.1. The summed E-state index contributed by atoms with van der Waals surface area (Å²) in [5.41, 5.74) is 2.15. The number of ether oxygens (including phenoxy) is 2. The molecule has 0 bridgehead atoms. The molecule has 0 atom stereocenters. The lowest BCUT2D eigenvalue weighted by molar-refractivity contribution is 0.0977. The molecule has 158 valence electrons. The van der Waals surface area contributed by atoms with Crippen LogP contribution in [0.5, 0.6) is 0 Å². The Labute approximate surface area is 175 Å². The third-order valence-corrected chi connectivity index (χ3v) is 5.09. The molecule has 1 fully saturated rings. The summed E-state index contributed by atoms with van der Waals surface area (Å²) < 4.78 is 24.3. The van der Waals surface area contributed by atoms with Crippen LogP contribution in [0.4, 0.5) is 4.39 Å². The Hall–Kier alpha value is -1.86. The number of nitrogens with zero attached hydrogens (tertiary/aromatic N) is 2. The Balaban J connectivity index is 0.00000145. The van der Waals surface area contributed by atoms with Crippen molar-refractivity contribution in [2.24, 2.45) is 10.9 Å². The number of hydrogen-bond acceptors (Lipinski definition) is 5. The van der Waals surface area contributed by atoms with Crippen molar-refractivity contribution >= 4 is 19.3 Å². The van der Waals surface area contributed by atoms with Gasteiger partial charge >= 0.3 is 0 Å². The topological polar surface area (TPSA) is 46.1 Å². The van der Waals surface area contributed by atoms with Gasteiger partial charge in [0.15, 0.2) is 5.96 Å². The predicted octanol–water partition coefficient (Wildman–Crippen LogP) is 2.75. The van der Waals surface area contributed by atoms with E-state index in [1.807, 2.05) is 20.0 Å². The number of hydrogen-bond donors (Lipinski definition) is 1. The van der Waals surface area contributed by atoms with Crippen LogP contribution in [0.25, 0.3) is 0 Å². The lowest BCUT2D eigenvalue weighted by atomic mass is 9.94. The summed E-state index contributed by atoms with van der Waals surface area (Å²) in [6, 6.07) is 4.83. The van der Waals surface area contributed by atoms with Crippen molar-refractivity contribution in [2.45, 2.75) is 39.7 Å². The highest BCUT2D eigenvalue weighted by Crippen LogP contribution is 2.21. The van der Waals surface area contributed by atoms with Crippen LogP contribution in [0.15, 0.2) is 35.0 Å². The summed E-state index contributed by atoms with van der Waals surface area (Å²) in [4.78, 5) is 6.93. The Kier molecular flexibility index (Phi) is 10.2. The molecular weight excluding hydrogens is 368 g/mol. The number of aliphatic imine (C=N–C) groups is 1. The van der Waals surface area contributed by atoms with Crippen LogP contribution < -0.4 is 10.8 Å². The van der Waals surface area contributed by atoms with Gasteiger partial charge in [-0.15, -0.1) is 0 Å². The molecule has 1 N–H and O–H groups in total. The van der Waals surface area contributed by atoms with Gasteiger partial charge in [-0.2, -0.15) is 0 Å². The van der Waals surface area contributed by atoms with Crippen LogP contribution in [0.3, 0.4) is 0 Å². The average molecular weight is 401 g/mol. The second-order valence-corrected chi connectivity index (χ2v) is 7.15. The van der Waals surface area contributed by atoms with E-state index in [1.165, 1.54) is 6.07 Å². The first-order chi connectivity index (χ1) is 14.2. The molecule has 29 heavy (non-hydrogen) atoms. The summed E-state index contributed by atoms with van der Waals surface area (Å²) in [5, 5.41) is 3.29. The van der Waals surface area contributed by atoms with Gasteiger partial charge in [0.05, 0.1) is 19.8 Å².